The zero-order valence-electron chi connectivity index (χ0n) is 4.95. The van der Waals surface area contributed by atoms with Crippen LogP contribution in [-0.2, 0) is 9.53 Å². The maximum absolute atomic E-state index is 11.0. The molecule has 0 amide bonds. The third kappa shape index (κ3) is 0.826. The summed E-state index contributed by atoms with van der Waals surface area (Å²) in [6.07, 6.45) is 0.379. The van der Waals surface area contributed by atoms with Gasteiger partial charge in [0.05, 0.1) is 3.58 Å². The summed E-state index contributed by atoms with van der Waals surface area (Å²) in [7, 11) is 0. The summed E-state index contributed by atoms with van der Waals surface area (Å²) in [5.41, 5.74) is 0. The van der Waals surface area contributed by atoms with Gasteiger partial charge in [0.25, 0.3) is 0 Å². The lowest BCUT2D eigenvalue weighted by Gasteiger charge is -2.06. The molecule has 0 saturated carbocycles. The molecule has 1 aliphatic heterocycles. The molecule has 3 atom stereocenters. The van der Waals surface area contributed by atoms with Crippen LogP contribution in [0.2, 0.25) is 0 Å². The zero-order valence-corrected chi connectivity index (χ0v) is 7.11. The first-order valence-corrected chi connectivity index (χ1v) is 4.03. The van der Waals surface area contributed by atoms with E-state index in [9.17, 15) is 4.79 Å². The Labute approximate surface area is 71.2 Å². The number of hydrogen-bond donors (Lipinski definition) is 1. The average molecular weight is 252 g/mol. The van der Waals surface area contributed by atoms with Crippen molar-refractivity contribution in [1.29, 1.82) is 0 Å². The van der Waals surface area contributed by atoms with Crippen LogP contribution in [0.25, 0.3) is 0 Å². The van der Waals surface area contributed by atoms with Crippen LogP contribution in [0.4, 0.5) is 0 Å². The van der Waals surface area contributed by atoms with Gasteiger partial charge in [-0.05, 0) is 28.7 Å². The largest absolute Gasteiger partial charge is 0.386 e. The number of epoxide rings is 1. The molecule has 10 heavy (non-hydrogen) atoms. The van der Waals surface area contributed by atoms with E-state index in [0.717, 1.165) is 0 Å². The second-order valence-corrected chi connectivity index (χ2v) is 3.55. The van der Waals surface area contributed by atoms with Crippen LogP contribution in [-0.4, -0.2) is 29.2 Å². The number of carbonyl (C=O) groups is 1. The van der Waals surface area contributed by atoms with Crippen molar-refractivity contribution in [3.05, 3.63) is 9.66 Å². The number of aliphatic hydroxyl groups excluding tert-OH is 1. The SMILES string of the molecule is O=C1C(I)=C[C@H](O)[C@H]2O[C@@H]12. The molecule has 1 heterocycles. The van der Waals surface area contributed by atoms with Crippen LogP contribution in [0.5, 0.6) is 0 Å². The van der Waals surface area contributed by atoms with Crippen molar-refractivity contribution in [2.45, 2.75) is 18.3 Å². The number of aliphatic hydroxyl groups is 1. The van der Waals surface area contributed by atoms with Crippen LogP contribution >= 0.6 is 22.6 Å². The van der Waals surface area contributed by atoms with Crippen LogP contribution in [0.1, 0.15) is 0 Å². The van der Waals surface area contributed by atoms with Crippen LogP contribution in [0.3, 0.4) is 0 Å². The molecule has 3 nitrogen and oxygen atoms in total. The highest BCUT2D eigenvalue weighted by atomic mass is 127. The third-order valence-electron chi connectivity index (χ3n) is 1.67. The van der Waals surface area contributed by atoms with Gasteiger partial charge in [0.2, 0.25) is 0 Å². The molecule has 54 valence electrons. The molecule has 0 bridgehead atoms. The summed E-state index contributed by atoms with van der Waals surface area (Å²) >= 11 is 1.91. The molecule has 4 heteroatoms. The summed E-state index contributed by atoms with van der Waals surface area (Å²) in [5.74, 6) is 0.0101. The van der Waals surface area contributed by atoms with Crippen molar-refractivity contribution < 1.29 is 14.6 Å². The van der Waals surface area contributed by atoms with E-state index in [2.05, 4.69) is 0 Å². The molecule has 2 rings (SSSR count). The second-order valence-electron chi connectivity index (χ2n) is 2.39. The standard InChI is InChI=1S/C6H5IO3/c7-2-1-3(8)5-6(10-5)4(2)9/h1,3,5-6,8H/t3-,5+,6-/m0/s1. The highest BCUT2D eigenvalue weighted by molar-refractivity contribution is 14.1. The Morgan fingerprint density at radius 2 is 2.40 bits per heavy atom. The lowest BCUT2D eigenvalue weighted by atomic mass is 10.0. The Hall–Kier alpha value is 0.0600. The van der Waals surface area contributed by atoms with E-state index in [0.29, 0.717) is 3.58 Å². The van der Waals surface area contributed by atoms with Crippen molar-refractivity contribution in [2.75, 3.05) is 0 Å². The number of hydrogen-bond acceptors (Lipinski definition) is 3. The molecule has 0 aromatic carbocycles. The van der Waals surface area contributed by atoms with Gasteiger partial charge in [-0.1, -0.05) is 0 Å². The van der Waals surface area contributed by atoms with Crippen LogP contribution < -0.4 is 0 Å². The van der Waals surface area contributed by atoms with Crippen molar-refractivity contribution >= 4 is 28.4 Å². The Morgan fingerprint density at radius 1 is 1.70 bits per heavy atom. The Morgan fingerprint density at radius 3 is 3.10 bits per heavy atom. The highest BCUT2D eigenvalue weighted by Gasteiger charge is 2.52. The molecule has 0 radical (unpaired) electrons. The normalized spacial score (nSPS) is 44.4. The highest BCUT2D eigenvalue weighted by Crippen LogP contribution is 2.35. The number of Topliss-reactive ketones (excluding diaryl/α,β-unsaturated/α-hetero) is 1. The average Bonchev–Trinajstić information content (AvgIpc) is 2.61. The fraction of sp³-hybridized carbons (Fsp3) is 0.500. The quantitative estimate of drug-likeness (QED) is 0.488. The van der Waals surface area contributed by atoms with E-state index in [-0.39, 0.29) is 18.0 Å². The minimum absolute atomic E-state index is 0.0101. The molecule has 2 aliphatic rings. The fourth-order valence-electron chi connectivity index (χ4n) is 1.06. The molecular formula is C6H5IO3. The first-order chi connectivity index (χ1) is 4.70. The van der Waals surface area contributed by atoms with Crippen molar-refractivity contribution in [1.82, 2.24) is 0 Å². The van der Waals surface area contributed by atoms with Crippen LogP contribution in [0.15, 0.2) is 9.66 Å². The third-order valence-corrected chi connectivity index (χ3v) is 2.56. The number of fused-ring (bicyclic) bond motifs is 1. The molecule has 0 unspecified atom stereocenters. The molecule has 0 spiro atoms. The lowest BCUT2D eigenvalue weighted by molar-refractivity contribution is -0.116. The molecule has 1 fully saturated rings. The van der Waals surface area contributed by atoms with E-state index in [1.807, 2.05) is 22.6 Å². The van der Waals surface area contributed by atoms with E-state index in [1.165, 1.54) is 6.08 Å². The minimum atomic E-state index is -0.574. The van der Waals surface area contributed by atoms with Gasteiger partial charge >= 0.3 is 0 Å². The van der Waals surface area contributed by atoms with E-state index in [1.54, 1.807) is 0 Å². The van der Waals surface area contributed by atoms with Gasteiger partial charge in [-0.2, -0.15) is 0 Å². The number of carbonyl (C=O) groups excluding carboxylic acids is 1. The van der Waals surface area contributed by atoms with Gasteiger partial charge in [-0.3, -0.25) is 4.79 Å². The maximum Gasteiger partial charge on any atom is 0.200 e. The molecule has 1 saturated heterocycles. The number of rotatable bonds is 0. The lowest BCUT2D eigenvalue weighted by Crippen LogP contribution is -2.24. The fourth-order valence-corrected chi connectivity index (χ4v) is 1.73. The molecule has 1 N–H and O–H groups in total. The number of ether oxygens (including phenoxy) is 1. The molecule has 1 aliphatic carbocycles. The summed E-state index contributed by atoms with van der Waals surface area (Å²) in [4.78, 5) is 11.0. The Kier molecular flexibility index (Phi) is 1.37. The van der Waals surface area contributed by atoms with Gasteiger partial charge in [0.1, 0.15) is 12.2 Å². The van der Waals surface area contributed by atoms with Gasteiger partial charge in [-0.25, -0.2) is 0 Å². The topological polar surface area (TPSA) is 49.8 Å². The summed E-state index contributed by atoms with van der Waals surface area (Å²) in [6, 6.07) is 0. The zero-order chi connectivity index (χ0) is 7.30. The van der Waals surface area contributed by atoms with E-state index >= 15 is 0 Å². The van der Waals surface area contributed by atoms with Crippen molar-refractivity contribution in [2.24, 2.45) is 0 Å². The van der Waals surface area contributed by atoms with Gasteiger partial charge in [0.15, 0.2) is 11.9 Å². The monoisotopic (exact) mass is 252 g/mol. The van der Waals surface area contributed by atoms with Gasteiger partial charge < -0.3 is 9.84 Å². The minimum Gasteiger partial charge on any atom is -0.386 e. The van der Waals surface area contributed by atoms with E-state index < -0.39 is 6.10 Å². The molecule has 0 aromatic rings. The molecule has 0 aromatic heterocycles. The summed E-state index contributed by atoms with van der Waals surface area (Å²) < 4.78 is 5.50. The first kappa shape index (κ1) is 6.75. The second kappa shape index (κ2) is 2.02. The van der Waals surface area contributed by atoms with E-state index in [4.69, 9.17) is 9.84 Å². The van der Waals surface area contributed by atoms with Crippen molar-refractivity contribution in [3.63, 3.8) is 0 Å². The predicted molar refractivity (Wildman–Crippen MR) is 41.8 cm³/mol. The Bertz CT molecular complexity index is 223. The van der Waals surface area contributed by atoms with Crippen LogP contribution in [0, 0.1) is 0 Å². The molecular weight excluding hydrogens is 247 g/mol. The smallest absolute Gasteiger partial charge is 0.200 e. The summed E-state index contributed by atoms with van der Waals surface area (Å²) in [5, 5.41) is 9.15. The summed E-state index contributed by atoms with van der Waals surface area (Å²) in [6.45, 7) is 0. The first-order valence-electron chi connectivity index (χ1n) is 2.95. The van der Waals surface area contributed by atoms with Gasteiger partial charge in [0, 0.05) is 0 Å². The van der Waals surface area contributed by atoms with Crippen molar-refractivity contribution in [3.8, 4) is 0 Å². The van der Waals surface area contributed by atoms with Gasteiger partial charge in [-0.15, -0.1) is 0 Å². The maximum atomic E-state index is 11.0. The number of halogens is 1. The Balaban J connectivity index is 2.30. The number of ketones is 1. The predicted octanol–water partition coefficient (Wildman–Crippen LogP) is 0.0163.